The van der Waals surface area contributed by atoms with Crippen molar-refractivity contribution in [2.24, 2.45) is 10.7 Å². The van der Waals surface area contributed by atoms with Gasteiger partial charge in [-0.2, -0.15) is 18.3 Å². The molecule has 2 aromatic heterocycles. The molecule has 1 saturated heterocycles. The second kappa shape index (κ2) is 9.46. The summed E-state index contributed by atoms with van der Waals surface area (Å²) in [6.07, 6.45) is 1.02. The molecule has 0 saturated carbocycles. The minimum Gasteiger partial charge on any atom is -0.493 e. The Labute approximate surface area is 218 Å². The molecule has 2 aliphatic heterocycles. The molecule has 1 aromatic carbocycles. The van der Waals surface area contributed by atoms with Crippen LogP contribution in [0.15, 0.2) is 60.5 Å². The second-order valence-corrected chi connectivity index (χ2v) is 9.68. The average molecular weight is 527 g/mol. The van der Waals surface area contributed by atoms with Crippen LogP contribution in [0.2, 0.25) is 0 Å². The number of ether oxygens (including phenoxy) is 2. The van der Waals surface area contributed by atoms with Gasteiger partial charge in [0.1, 0.15) is 11.6 Å². The van der Waals surface area contributed by atoms with Gasteiger partial charge in [-0.3, -0.25) is 4.98 Å². The molecule has 5 rings (SSSR count). The quantitative estimate of drug-likeness (QED) is 0.323. The van der Waals surface area contributed by atoms with Gasteiger partial charge in [-0.25, -0.2) is 9.67 Å². The number of nitrogens with zero attached hydrogens (tertiary/aromatic N) is 4. The number of halogens is 3. The fraction of sp³-hybridized carbons (Fsp3) is 0.370. The zero-order valence-electron chi connectivity index (χ0n) is 21.2. The summed E-state index contributed by atoms with van der Waals surface area (Å²) in [4.78, 5) is 8.47. The first-order valence-corrected chi connectivity index (χ1v) is 12.3. The number of alkyl halides is 3. The van der Waals surface area contributed by atoms with Gasteiger partial charge in [0.25, 0.3) is 0 Å². The molecule has 3 N–H and O–H groups in total. The highest BCUT2D eigenvalue weighted by Crippen LogP contribution is 2.57. The number of hydrogen-bond donors (Lipinski definition) is 2. The van der Waals surface area contributed by atoms with E-state index in [4.69, 9.17) is 15.2 Å². The summed E-state index contributed by atoms with van der Waals surface area (Å²) in [6.45, 7) is 7.48. The molecule has 38 heavy (non-hydrogen) atoms. The first kappa shape index (κ1) is 25.8. The predicted molar refractivity (Wildman–Crippen MR) is 137 cm³/mol. The number of fused-ring (bicyclic) bond motifs is 1. The fourth-order valence-corrected chi connectivity index (χ4v) is 5.00. The van der Waals surface area contributed by atoms with E-state index in [1.54, 1.807) is 42.2 Å². The first-order valence-electron chi connectivity index (χ1n) is 12.3. The summed E-state index contributed by atoms with van der Waals surface area (Å²) in [7, 11) is 0. The number of rotatable bonds is 8. The van der Waals surface area contributed by atoms with Gasteiger partial charge in [-0.05, 0) is 24.6 Å². The van der Waals surface area contributed by atoms with Gasteiger partial charge in [0.2, 0.25) is 0 Å². The Bertz CT molecular complexity index is 1380. The lowest BCUT2D eigenvalue weighted by atomic mass is 9.74. The summed E-state index contributed by atoms with van der Waals surface area (Å²) in [5.41, 5.74) is 5.40. The molecule has 2 aliphatic rings. The maximum absolute atomic E-state index is 14.4. The molecule has 1 fully saturated rings. The van der Waals surface area contributed by atoms with Crippen LogP contribution in [0, 0.1) is 0 Å². The molecule has 8 nitrogen and oxygen atoms in total. The number of pyridine rings is 1. The number of nitrogens with one attached hydrogen (secondary N) is 1. The highest BCUT2D eigenvalue weighted by atomic mass is 19.4. The Balaban J connectivity index is 1.39. The molecule has 0 aliphatic carbocycles. The van der Waals surface area contributed by atoms with Crippen molar-refractivity contribution >= 4 is 17.4 Å². The molecule has 2 atom stereocenters. The number of nitrogens with two attached hydrogens (primary N) is 1. The Morgan fingerprint density at radius 1 is 1.26 bits per heavy atom. The van der Waals surface area contributed by atoms with Crippen molar-refractivity contribution in [2.45, 2.75) is 50.5 Å². The van der Waals surface area contributed by atoms with Crippen LogP contribution >= 0.6 is 0 Å². The van der Waals surface area contributed by atoms with Gasteiger partial charge in [-0.1, -0.05) is 31.7 Å². The van der Waals surface area contributed by atoms with Crippen LogP contribution in [0.3, 0.4) is 0 Å². The SMILES string of the molecule is C=C(NCC1(C(F)(F)F)CC(C)(c2cccc3c2OCC3)O1)c1cnn(-c2ccncc2)c1/N=C(\N)CC. The van der Waals surface area contributed by atoms with Crippen molar-refractivity contribution in [1.29, 1.82) is 0 Å². The van der Waals surface area contributed by atoms with E-state index in [2.05, 4.69) is 27.0 Å². The lowest BCUT2D eigenvalue weighted by Gasteiger charge is -2.55. The molecular weight excluding hydrogens is 497 g/mol. The minimum atomic E-state index is -4.62. The van der Waals surface area contributed by atoms with E-state index in [1.807, 2.05) is 19.1 Å². The third-order valence-corrected chi connectivity index (χ3v) is 7.02. The lowest BCUT2D eigenvalue weighted by Crippen LogP contribution is -2.68. The van der Waals surface area contributed by atoms with Crippen molar-refractivity contribution < 1.29 is 22.6 Å². The lowest BCUT2D eigenvalue weighted by molar-refractivity contribution is -0.382. The van der Waals surface area contributed by atoms with Crippen molar-refractivity contribution in [3.63, 3.8) is 0 Å². The highest BCUT2D eigenvalue weighted by molar-refractivity contribution is 5.84. The van der Waals surface area contributed by atoms with Crippen molar-refractivity contribution in [1.82, 2.24) is 20.1 Å². The number of aliphatic imine (C=N–C) groups is 1. The second-order valence-electron chi connectivity index (χ2n) is 9.68. The Hall–Kier alpha value is -3.86. The van der Waals surface area contributed by atoms with Crippen LogP contribution in [0.5, 0.6) is 5.75 Å². The monoisotopic (exact) mass is 526 g/mol. The number of aromatic nitrogens is 3. The van der Waals surface area contributed by atoms with Crippen LogP contribution in [0.4, 0.5) is 19.0 Å². The minimum absolute atomic E-state index is 0.220. The van der Waals surface area contributed by atoms with E-state index in [0.717, 1.165) is 12.0 Å². The predicted octanol–water partition coefficient (Wildman–Crippen LogP) is 4.80. The highest BCUT2D eigenvalue weighted by Gasteiger charge is 2.68. The van der Waals surface area contributed by atoms with Gasteiger partial charge < -0.3 is 20.5 Å². The van der Waals surface area contributed by atoms with Gasteiger partial charge in [0.15, 0.2) is 11.4 Å². The van der Waals surface area contributed by atoms with Crippen LogP contribution in [-0.2, 0) is 16.8 Å². The maximum atomic E-state index is 14.4. The van der Waals surface area contributed by atoms with Crippen LogP contribution in [0.1, 0.15) is 43.4 Å². The zero-order valence-corrected chi connectivity index (χ0v) is 21.2. The Kier molecular flexibility index (Phi) is 6.42. The van der Waals surface area contributed by atoms with Gasteiger partial charge >= 0.3 is 6.18 Å². The van der Waals surface area contributed by atoms with E-state index in [1.165, 1.54) is 6.20 Å². The molecule has 0 spiro atoms. The average Bonchev–Trinajstić information content (AvgIpc) is 3.52. The number of hydrogen-bond acceptors (Lipinski definition) is 6. The number of benzene rings is 1. The van der Waals surface area contributed by atoms with Gasteiger partial charge in [0, 0.05) is 42.9 Å². The molecule has 4 heterocycles. The molecule has 2 unspecified atom stereocenters. The van der Waals surface area contributed by atoms with E-state index in [0.29, 0.717) is 47.2 Å². The van der Waals surface area contributed by atoms with Gasteiger partial charge in [-0.15, -0.1) is 0 Å². The zero-order chi connectivity index (χ0) is 27.1. The number of amidine groups is 1. The summed E-state index contributed by atoms with van der Waals surface area (Å²) < 4.78 is 56.2. The van der Waals surface area contributed by atoms with E-state index >= 15 is 0 Å². The Morgan fingerprint density at radius 3 is 2.68 bits per heavy atom. The summed E-state index contributed by atoms with van der Waals surface area (Å²) >= 11 is 0. The molecule has 0 bridgehead atoms. The smallest absolute Gasteiger partial charge is 0.419 e. The van der Waals surface area contributed by atoms with E-state index in [9.17, 15) is 13.2 Å². The van der Waals surface area contributed by atoms with Crippen molar-refractivity contribution in [2.75, 3.05) is 13.2 Å². The topological polar surface area (TPSA) is 99.6 Å². The van der Waals surface area contributed by atoms with E-state index < -0.39 is 23.9 Å². The third-order valence-electron chi connectivity index (χ3n) is 7.02. The molecular formula is C27H29F3N6O2. The molecule has 0 radical (unpaired) electrons. The maximum Gasteiger partial charge on any atom is 0.419 e. The molecule has 3 aromatic rings. The fourth-order valence-electron chi connectivity index (χ4n) is 5.00. The third kappa shape index (κ3) is 4.40. The Morgan fingerprint density at radius 2 is 2.00 bits per heavy atom. The summed E-state index contributed by atoms with van der Waals surface area (Å²) in [5.74, 6) is 1.32. The van der Waals surface area contributed by atoms with Crippen LogP contribution < -0.4 is 15.8 Å². The molecule has 0 amide bonds. The summed E-state index contributed by atoms with van der Waals surface area (Å²) in [6, 6.07) is 9.00. The summed E-state index contributed by atoms with van der Waals surface area (Å²) in [5, 5.41) is 7.22. The molecule has 200 valence electrons. The standard InChI is InChI=1S/C27H29F3N6O2/c1-4-22(31)35-24-20(14-34-36(24)19-8-11-32-12-9-19)17(2)33-16-26(27(28,29)30)15-25(3,38-26)21-7-5-6-18-10-13-37-23(18)21/h5-9,11-12,14,33H,2,4,10,13,15-16H2,1,3H3,(H2,31,35). The first-order chi connectivity index (χ1) is 18.1. The number of para-hydroxylation sites is 1. The van der Waals surface area contributed by atoms with Crippen LogP contribution in [0.25, 0.3) is 11.4 Å². The van der Waals surface area contributed by atoms with Gasteiger partial charge in [0.05, 0.1) is 36.2 Å². The van der Waals surface area contributed by atoms with Crippen molar-refractivity contribution in [3.8, 4) is 11.4 Å². The van der Waals surface area contributed by atoms with Crippen molar-refractivity contribution in [3.05, 3.63) is 72.2 Å². The largest absolute Gasteiger partial charge is 0.493 e. The van der Waals surface area contributed by atoms with E-state index in [-0.39, 0.29) is 12.1 Å². The normalized spacial score (nSPS) is 22.9. The molecule has 11 heteroatoms. The van der Waals surface area contributed by atoms with Crippen LogP contribution in [-0.4, -0.2) is 45.5 Å².